The van der Waals surface area contributed by atoms with Crippen molar-refractivity contribution in [1.29, 1.82) is 5.26 Å². The number of aromatic nitrogens is 1. The van der Waals surface area contributed by atoms with Crippen LogP contribution >= 0.6 is 0 Å². The molecule has 0 amide bonds. The first kappa shape index (κ1) is 12.2. The minimum absolute atomic E-state index is 0.234. The molecular formula is C14H14N2O2. The van der Waals surface area contributed by atoms with Gasteiger partial charge >= 0.3 is 5.97 Å². The van der Waals surface area contributed by atoms with Gasteiger partial charge in [0, 0.05) is 17.1 Å². The van der Waals surface area contributed by atoms with E-state index in [2.05, 4.69) is 11.1 Å². The lowest BCUT2D eigenvalue weighted by atomic mass is 9.96. The van der Waals surface area contributed by atoms with E-state index in [1.165, 1.54) is 7.11 Å². The standard InChI is InChI=1S/C14H14N2O2/c1-3-10(14(17)18-2)12-8-16-13-6-9(7-15)4-5-11(12)13/h4-6,8,10,16H,3H2,1-2H3. The number of fused-ring (bicyclic) bond motifs is 1. The van der Waals surface area contributed by atoms with Crippen molar-refractivity contribution in [2.24, 2.45) is 0 Å². The molecule has 1 heterocycles. The fourth-order valence-corrected chi connectivity index (χ4v) is 2.16. The smallest absolute Gasteiger partial charge is 0.313 e. The summed E-state index contributed by atoms with van der Waals surface area (Å²) < 4.78 is 4.82. The van der Waals surface area contributed by atoms with Gasteiger partial charge in [0.25, 0.3) is 0 Å². The third kappa shape index (κ3) is 1.95. The SMILES string of the molecule is CCC(C(=O)OC)c1c[nH]c2cc(C#N)ccc12. The molecule has 0 aliphatic carbocycles. The number of aromatic amines is 1. The molecule has 1 N–H and O–H groups in total. The number of nitrogens with one attached hydrogen (secondary N) is 1. The van der Waals surface area contributed by atoms with Gasteiger partial charge in [0.05, 0.1) is 24.7 Å². The van der Waals surface area contributed by atoms with Gasteiger partial charge in [-0.05, 0) is 24.1 Å². The van der Waals surface area contributed by atoms with Crippen LogP contribution in [0.15, 0.2) is 24.4 Å². The lowest BCUT2D eigenvalue weighted by molar-refractivity contribution is -0.142. The summed E-state index contributed by atoms with van der Waals surface area (Å²) in [6.45, 7) is 1.95. The van der Waals surface area contributed by atoms with Crippen molar-refractivity contribution < 1.29 is 9.53 Å². The van der Waals surface area contributed by atoms with Gasteiger partial charge in [0.1, 0.15) is 0 Å². The molecule has 0 aliphatic rings. The number of nitrogens with zero attached hydrogens (tertiary/aromatic N) is 1. The van der Waals surface area contributed by atoms with Gasteiger partial charge in [-0.15, -0.1) is 0 Å². The van der Waals surface area contributed by atoms with Gasteiger partial charge < -0.3 is 9.72 Å². The monoisotopic (exact) mass is 242 g/mol. The molecule has 2 rings (SSSR count). The average Bonchev–Trinajstić information content (AvgIpc) is 2.82. The number of H-pyrrole nitrogens is 1. The molecule has 18 heavy (non-hydrogen) atoms. The zero-order valence-corrected chi connectivity index (χ0v) is 10.4. The normalized spacial score (nSPS) is 12.1. The van der Waals surface area contributed by atoms with Gasteiger partial charge in [0.2, 0.25) is 0 Å². The van der Waals surface area contributed by atoms with Crippen molar-refractivity contribution in [3.63, 3.8) is 0 Å². The largest absolute Gasteiger partial charge is 0.469 e. The molecule has 0 fully saturated rings. The van der Waals surface area contributed by atoms with E-state index >= 15 is 0 Å². The highest BCUT2D eigenvalue weighted by Gasteiger charge is 2.22. The number of hydrogen-bond acceptors (Lipinski definition) is 3. The third-order valence-corrected chi connectivity index (χ3v) is 3.11. The summed E-state index contributed by atoms with van der Waals surface area (Å²) in [5, 5.41) is 9.81. The Kier molecular flexibility index (Phi) is 3.33. The Labute approximate surface area is 105 Å². The number of rotatable bonds is 3. The lowest BCUT2D eigenvalue weighted by Crippen LogP contribution is -2.12. The maximum atomic E-state index is 11.7. The van der Waals surface area contributed by atoms with Crippen molar-refractivity contribution in [3.05, 3.63) is 35.5 Å². The summed E-state index contributed by atoms with van der Waals surface area (Å²) in [4.78, 5) is 14.8. The second-order valence-corrected chi connectivity index (χ2v) is 4.10. The Balaban J connectivity index is 2.52. The summed E-state index contributed by atoms with van der Waals surface area (Å²) in [5.41, 5.74) is 2.39. The van der Waals surface area contributed by atoms with E-state index in [9.17, 15) is 4.79 Å². The van der Waals surface area contributed by atoms with Crippen LogP contribution in [0, 0.1) is 11.3 Å². The van der Waals surface area contributed by atoms with Gasteiger partial charge in [-0.25, -0.2) is 0 Å². The number of nitriles is 1. The first-order valence-corrected chi connectivity index (χ1v) is 5.80. The second kappa shape index (κ2) is 4.92. The maximum Gasteiger partial charge on any atom is 0.313 e. The van der Waals surface area contributed by atoms with E-state index in [4.69, 9.17) is 10.00 Å². The zero-order valence-electron chi connectivity index (χ0n) is 10.4. The molecular weight excluding hydrogens is 228 g/mol. The van der Waals surface area contributed by atoms with E-state index < -0.39 is 0 Å². The highest BCUT2D eigenvalue weighted by molar-refractivity contribution is 5.90. The molecule has 1 aromatic heterocycles. The molecule has 2 aromatic rings. The molecule has 4 heteroatoms. The number of carbonyl (C=O) groups excluding carboxylic acids is 1. The molecule has 0 bridgehead atoms. The Morgan fingerprint density at radius 3 is 2.94 bits per heavy atom. The molecule has 1 unspecified atom stereocenters. The molecule has 0 saturated heterocycles. The summed E-state index contributed by atoms with van der Waals surface area (Å²) in [5.74, 6) is -0.501. The van der Waals surface area contributed by atoms with E-state index in [0.717, 1.165) is 16.5 Å². The van der Waals surface area contributed by atoms with E-state index in [1.54, 1.807) is 12.1 Å². The van der Waals surface area contributed by atoms with Gasteiger partial charge in [-0.2, -0.15) is 5.26 Å². The Morgan fingerprint density at radius 2 is 2.33 bits per heavy atom. The van der Waals surface area contributed by atoms with Gasteiger partial charge in [-0.1, -0.05) is 13.0 Å². The summed E-state index contributed by atoms with van der Waals surface area (Å²) in [6.07, 6.45) is 2.50. The fraction of sp³-hybridized carbons (Fsp3) is 0.286. The summed E-state index contributed by atoms with van der Waals surface area (Å²) in [6, 6.07) is 7.49. The van der Waals surface area contributed by atoms with Crippen LogP contribution in [-0.4, -0.2) is 18.1 Å². The van der Waals surface area contributed by atoms with Crippen LogP contribution in [0.1, 0.15) is 30.4 Å². The number of ether oxygens (including phenoxy) is 1. The van der Waals surface area contributed by atoms with E-state index in [1.807, 2.05) is 19.2 Å². The lowest BCUT2D eigenvalue weighted by Gasteiger charge is -2.11. The number of esters is 1. The van der Waals surface area contributed by atoms with Crippen molar-refractivity contribution in [2.75, 3.05) is 7.11 Å². The Hall–Kier alpha value is -2.28. The maximum absolute atomic E-state index is 11.7. The van der Waals surface area contributed by atoms with E-state index in [-0.39, 0.29) is 11.9 Å². The van der Waals surface area contributed by atoms with Crippen molar-refractivity contribution >= 4 is 16.9 Å². The highest BCUT2D eigenvalue weighted by atomic mass is 16.5. The van der Waals surface area contributed by atoms with Crippen LogP contribution < -0.4 is 0 Å². The van der Waals surface area contributed by atoms with Crippen LogP contribution in [0.5, 0.6) is 0 Å². The number of benzene rings is 1. The van der Waals surface area contributed by atoms with Crippen LogP contribution in [-0.2, 0) is 9.53 Å². The van der Waals surface area contributed by atoms with Crippen LogP contribution in [0.2, 0.25) is 0 Å². The average molecular weight is 242 g/mol. The van der Waals surface area contributed by atoms with Crippen molar-refractivity contribution in [2.45, 2.75) is 19.3 Å². The number of methoxy groups -OCH3 is 1. The van der Waals surface area contributed by atoms with Crippen molar-refractivity contribution in [1.82, 2.24) is 4.98 Å². The highest BCUT2D eigenvalue weighted by Crippen LogP contribution is 2.29. The Bertz CT molecular complexity index is 622. The summed E-state index contributed by atoms with van der Waals surface area (Å²) in [7, 11) is 1.40. The van der Waals surface area contributed by atoms with Crippen LogP contribution in [0.3, 0.4) is 0 Å². The zero-order chi connectivity index (χ0) is 13.1. The Morgan fingerprint density at radius 1 is 1.56 bits per heavy atom. The topological polar surface area (TPSA) is 65.9 Å². The minimum atomic E-state index is -0.267. The molecule has 0 saturated carbocycles. The molecule has 0 spiro atoms. The quantitative estimate of drug-likeness (QED) is 0.841. The number of hydrogen-bond donors (Lipinski definition) is 1. The molecule has 4 nitrogen and oxygen atoms in total. The minimum Gasteiger partial charge on any atom is -0.469 e. The molecule has 1 atom stereocenters. The molecule has 92 valence electrons. The second-order valence-electron chi connectivity index (χ2n) is 4.10. The van der Waals surface area contributed by atoms with Crippen LogP contribution in [0.25, 0.3) is 10.9 Å². The van der Waals surface area contributed by atoms with Crippen LogP contribution in [0.4, 0.5) is 0 Å². The molecule has 0 radical (unpaired) electrons. The predicted octanol–water partition coefficient (Wildman–Crippen LogP) is 2.71. The van der Waals surface area contributed by atoms with Gasteiger partial charge in [0.15, 0.2) is 0 Å². The third-order valence-electron chi connectivity index (χ3n) is 3.11. The summed E-state index contributed by atoms with van der Waals surface area (Å²) >= 11 is 0. The predicted molar refractivity (Wildman–Crippen MR) is 68.1 cm³/mol. The number of carbonyl (C=O) groups is 1. The fourth-order valence-electron chi connectivity index (χ4n) is 2.16. The first-order chi connectivity index (χ1) is 8.71. The van der Waals surface area contributed by atoms with Crippen molar-refractivity contribution in [3.8, 4) is 6.07 Å². The van der Waals surface area contributed by atoms with Gasteiger partial charge in [-0.3, -0.25) is 4.79 Å². The molecule has 1 aromatic carbocycles. The first-order valence-electron chi connectivity index (χ1n) is 5.80. The van der Waals surface area contributed by atoms with E-state index in [0.29, 0.717) is 12.0 Å². The molecule has 0 aliphatic heterocycles.